The van der Waals surface area contributed by atoms with Gasteiger partial charge in [-0.3, -0.25) is 5.32 Å². The summed E-state index contributed by atoms with van der Waals surface area (Å²) < 4.78 is 38.1. The molecule has 0 N–H and O–H groups in total. The zero-order valence-electron chi connectivity index (χ0n) is 10.3. The van der Waals surface area contributed by atoms with Gasteiger partial charge in [-0.1, -0.05) is 26.0 Å². The molecule has 17 heavy (non-hydrogen) atoms. The minimum absolute atomic E-state index is 0.0353. The highest BCUT2D eigenvalue weighted by Gasteiger charge is 2.33. The number of rotatable bonds is 4. The second-order valence-corrected chi connectivity index (χ2v) is 4.62. The van der Waals surface area contributed by atoms with Gasteiger partial charge in [-0.2, -0.15) is 13.2 Å². The lowest BCUT2D eigenvalue weighted by molar-refractivity contribution is -0.137. The fourth-order valence-electron chi connectivity index (χ4n) is 1.80. The molecule has 0 saturated heterocycles. The molecule has 0 aliphatic carbocycles. The lowest BCUT2D eigenvalue weighted by Gasteiger charge is -2.18. The van der Waals surface area contributed by atoms with Gasteiger partial charge in [0.1, 0.15) is 0 Å². The molecule has 0 fully saturated rings. The number of hydrogen-bond acceptors (Lipinski definition) is 0. The second kappa shape index (κ2) is 5.43. The summed E-state index contributed by atoms with van der Waals surface area (Å²) in [5.74, 6) is 0.423. The van der Waals surface area contributed by atoms with E-state index in [-0.39, 0.29) is 11.7 Å². The summed E-state index contributed by atoms with van der Waals surface area (Å²) >= 11 is 0. The van der Waals surface area contributed by atoms with Crippen LogP contribution in [0, 0.1) is 5.92 Å². The highest BCUT2D eigenvalue weighted by molar-refractivity contribution is 5.46. The van der Waals surface area contributed by atoms with E-state index in [9.17, 15) is 13.2 Å². The number of alkyl halides is 3. The first kappa shape index (κ1) is 13.9. The van der Waals surface area contributed by atoms with Crippen LogP contribution in [0.4, 0.5) is 18.9 Å². The highest BCUT2D eigenvalue weighted by atomic mass is 19.4. The SMILES string of the molecule is CC(C)CC(C)[N]c1ccccc1C(F)(F)F. The number of benzene rings is 1. The van der Waals surface area contributed by atoms with Crippen LogP contribution in [0.15, 0.2) is 24.3 Å². The summed E-state index contributed by atoms with van der Waals surface area (Å²) in [5.41, 5.74) is -0.622. The predicted molar refractivity (Wildman–Crippen MR) is 62.2 cm³/mol. The van der Waals surface area contributed by atoms with Gasteiger partial charge in [0.15, 0.2) is 0 Å². The standard InChI is InChI=1S/C13H17F3N/c1-9(2)8-10(3)17-12-7-5-4-6-11(12)13(14,15)16/h4-7,9-10H,8H2,1-3H3. The van der Waals surface area contributed by atoms with Crippen LogP contribution in [0.5, 0.6) is 0 Å². The Morgan fingerprint density at radius 3 is 2.24 bits per heavy atom. The molecule has 1 nitrogen and oxygen atoms in total. The maximum atomic E-state index is 12.7. The molecule has 0 spiro atoms. The molecule has 95 valence electrons. The normalized spacial score (nSPS) is 13.8. The van der Waals surface area contributed by atoms with Gasteiger partial charge in [0.05, 0.1) is 11.3 Å². The van der Waals surface area contributed by atoms with Crippen molar-refractivity contribution in [3.63, 3.8) is 0 Å². The molecule has 0 bridgehead atoms. The van der Waals surface area contributed by atoms with E-state index in [1.807, 2.05) is 20.8 Å². The molecule has 0 saturated carbocycles. The number of para-hydroxylation sites is 1. The molecule has 1 aromatic carbocycles. The van der Waals surface area contributed by atoms with Gasteiger partial charge in [0.25, 0.3) is 0 Å². The Labute approximate surface area is 100 Å². The Morgan fingerprint density at radius 2 is 1.71 bits per heavy atom. The van der Waals surface area contributed by atoms with E-state index < -0.39 is 11.7 Å². The molecule has 1 radical (unpaired) electrons. The summed E-state index contributed by atoms with van der Waals surface area (Å²) in [5, 5.41) is 4.15. The average molecular weight is 244 g/mol. The van der Waals surface area contributed by atoms with E-state index in [0.29, 0.717) is 5.92 Å². The number of hydrogen-bond donors (Lipinski definition) is 0. The third-order valence-corrected chi connectivity index (χ3v) is 2.38. The van der Waals surface area contributed by atoms with Crippen LogP contribution in [0.1, 0.15) is 32.8 Å². The molecule has 0 amide bonds. The maximum Gasteiger partial charge on any atom is 0.418 e. The van der Waals surface area contributed by atoms with E-state index >= 15 is 0 Å². The fraction of sp³-hybridized carbons (Fsp3) is 0.538. The van der Waals surface area contributed by atoms with E-state index in [4.69, 9.17) is 0 Å². The van der Waals surface area contributed by atoms with Crippen LogP contribution in [-0.2, 0) is 6.18 Å². The largest absolute Gasteiger partial charge is 0.418 e. The lowest BCUT2D eigenvalue weighted by Crippen LogP contribution is -2.19. The van der Waals surface area contributed by atoms with Gasteiger partial charge in [0, 0.05) is 6.04 Å². The Hall–Kier alpha value is -1.19. The number of nitrogens with zero attached hydrogens (tertiary/aromatic N) is 1. The van der Waals surface area contributed by atoms with Crippen LogP contribution >= 0.6 is 0 Å². The van der Waals surface area contributed by atoms with Crippen LogP contribution in [-0.4, -0.2) is 6.04 Å². The van der Waals surface area contributed by atoms with E-state index in [2.05, 4.69) is 5.32 Å². The predicted octanol–water partition coefficient (Wildman–Crippen LogP) is 4.38. The molecule has 1 atom stereocenters. The molecule has 0 aliphatic rings. The number of halogens is 3. The summed E-state index contributed by atoms with van der Waals surface area (Å²) in [6.45, 7) is 5.90. The van der Waals surface area contributed by atoms with Crippen molar-refractivity contribution < 1.29 is 13.2 Å². The van der Waals surface area contributed by atoms with Crippen molar-refractivity contribution in [3.05, 3.63) is 29.8 Å². The molecular weight excluding hydrogens is 227 g/mol. The molecule has 0 aliphatic heterocycles. The molecule has 1 unspecified atom stereocenters. The maximum absolute atomic E-state index is 12.7. The monoisotopic (exact) mass is 244 g/mol. The van der Waals surface area contributed by atoms with Crippen molar-refractivity contribution in [1.82, 2.24) is 5.32 Å². The van der Waals surface area contributed by atoms with Crippen molar-refractivity contribution >= 4 is 5.69 Å². The Kier molecular flexibility index (Phi) is 4.43. The van der Waals surface area contributed by atoms with Crippen molar-refractivity contribution in [1.29, 1.82) is 0 Å². The zero-order chi connectivity index (χ0) is 13.1. The zero-order valence-corrected chi connectivity index (χ0v) is 10.3. The van der Waals surface area contributed by atoms with Gasteiger partial charge in [0.2, 0.25) is 0 Å². The summed E-state index contributed by atoms with van der Waals surface area (Å²) in [7, 11) is 0. The summed E-state index contributed by atoms with van der Waals surface area (Å²) in [6.07, 6.45) is -3.55. The van der Waals surface area contributed by atoms with Gasteiger partial charge in [-0.15, -0.1) is 0 Å². The lowest BCUT2D eigenvalue weighted by atomic mass is 10.0. The molecule has 1 rings (SSSR count). The van der Waals surface area contributed by atoms with Crippen LogP contribution in [0.25, 0.3) is 0 Å². The van der Waals surface area contributed by atoms with E-state index in [1.165, 1.54) is 12.1 Å². The Bertz CT molecular complexity index is 358. The summed E-state index contributed by atoms with van der Waals surface area (Å²) in [4.78, 5) is 0. The fourth-order valence-corrected chi connectivity index (χ4v) is 1.80. The van der Waals surface area contributed by atoms with Crippen molar-refractivity contribution in [3.8, 4) is 0 Å². The topological polar surface area (TPSA) is 14.1 Å². The molecule has 4 heteroatoms. The third-order valence-electron chi connectivity index (χ3n) is 2.38. The third kappa shape index (κ3) is 4.29. The van der Waals surface area contributed by atoms with Gasteiger partial charge < -0.3 is 0 Å². The van der Waals surface area contributed by atoms with Gasteiger partial charge >= 0.3 is 6.18 Å². The molecule has 0 aromatic heterocycles. The second-order valence-electron chi connectivity index (χ2n) is 4.62. The van der Waals surface area contributed by atoms with Gasteiger partial charge in [-0.25, -0.2) is 0 Å². The van der Waals surface area contributed by atoms with Crippen LogP contribution in [0.2, 0.25) is 0 Å². The van der Waals surface area contributed by atoms with Crippen molar-refractivity contribution in [2.45, 2.75) is 39.4 Å². The first-order valence-corrected chi connectivity index (χ1v) is 5.67. The van der Waals surface area contributed by atoms with E-state index in [1.54, 1.807) is 6.07 Å². The van der Waals surface area contributed by atoms with Gasteiger partial charge in [-0.05, 0) is 31.4 Å². The smallest absolute Gasteiger partial charge is 0.282 e. The highest BCUT2D eigenvalue weighted by Crippen LogP contribution is 2.35. The minimum Gasteiger partial charge on any atom is -0.282 e. The quantitative estimate of drug-likeness (QED) is 0.746. The Morgan fingerprint density at radius 1 is 1.12 bits per heavy atom. The van der Waals surface area contributed by atoms with Crippen LogP contribution in [0.3, 0.4) is 0 Å². The molecule has 0 heterocycles. The Balaban J connectivity index is 2.84. The molecule has 1 aromatic rings. The minimum atomic E-state index is -4.34. The van der Waals surface area contributed by atoms with Crippen LogP contribution < -0.4 is 5.32 Å². The first-order valence-electron chi connectivity index (χ1n) is 5.67. The van der Waals surface area contributed by atoms with Crippen molar-refractivity contribution in [2.24, 2.45) is 5.92 Å². The summed E-state index contributed by atoms with van der Waals surface area (Å²) in [6, 6.07) is 5.35. The van der Waals surface area contributed by atoms with Crippen molar-refractivity contribution in [2.75, 3.05) is 0 Å². The van der Waals surface area contributed by atoms with E-state index in [0.717, 1.165) is 12.5 Å². The molecular formula is C13H17F3N. The first-order chi connectivity index (χ1) is 7.80. The average Bonchev–Trinajstić information content (AvgIpc) is 2.15.